The molecular formula is C17H23N4+. The minimum Gasteiger partial charge on any atom is -0.378 e. The lowest BCUT2D eigenvalue weighted by Gasteiger charge is -2.11. The molecule has 0 fully saturated rings. The summed E-state index contributed by atoms with van der Waals surface area (Å²) in [4.78, 5) is 2.06. The van der Waals surface area contributed by atoms with E-state index in [2.05, 4.69) is 39.0 Å². The van der Waals surface area contributed by atoms with Crippen LogP contribution in [0.15, 0.2) is 59.0 Å². The maximum absolute atomic E-state index is 4.27. The maximum atomic E-state index is 4.27. The molecule has 0 aliphatic carbocycles. The van der Waals surface area contributed by atoms with Crippen LogP contribution in [0.2, 0.25) is 0 Å². The molecule has 0 radical (unpaired) electrons. The van der Waals surface area contributed by atoms with Gasteiger partial charge in [0.15, 0.2) is 12.4 Å². The molecule has 2 rings (SSSR count). The molecule has 1 aromatic heterocycles. The number of benzene rings is 1. The van der Waals surface area contributed by atoms with Gasteiger partial charge in [-0.3, -0.25) is 0 Å². The molecular weight excluding hydrogens is 260 g/mol. The van der Waals surface area contributed by atoms with Crippen LogP contribution in [-0.4, -0.2) is 14.1 Å². The Balaban J connectivity index is 2.00. The normalized spacial score (nSPS) is 11.0. The van der Waals surface area contributed by atoms with Gasteiger partial charge in [-0.1, -0.05) is 13.3 Å². The summed E-state index contributed by atoms with van der Waals surface area (Å²) in [5, 5.41) is 8.54. The van der Waals surface area contributed by atoms with Crippen molar-refractivity contribution in [2.45, 2.75) is 26.3 Å². The molecule has 1 aromatic carbocycles. The summed E-state index contributed by atoms with van der Waals surface area (Å²) in [5.41, 5.74) is 2.90. The van der Waals surface area contributed by atoms with Crippen LogP contribution in [0.4, 0.5) is 17.1 Å². The molecule has 0 saturated carbocycles. The number of unbranched alkanes of at least 4 members (excludes halogenated alkanes) is 1. The third-order valence-corrected chi connectivity index (χ3v) is 3.29. The number of aromatic nitrogens is 1. The molecule has 21 heavy (non-hydrogen) atoms. The van der Waals surface area contributed by atoms with Crippen LogP contribution < -0.4 is 9.47 Å². The van der Waals surface area contributed by atoms with Crippen molar-refractivity contribution in [1.29, 1.82) is 0 Å². The predicted molar refractivity (Wildman–Crippen MR) is 86.5 cm³/mol. The topological polar surface area (TPSA) is 31.8 Å². The highest BCUT2D eigenvalue weighted by atomic mass is 15.1. The van der Waals surface area contributed by atoms with Crippen molar-refractivity contribution < 1.29 is 4.57 Å². The smallest absolute Gasteiger partial charge is 0.171 e. The van der Waals surface area contributed by atoms with Gasteiger partial charge in [0.05, 0.1) is 11.4 Å². The van der Waals surface area contributed by atoms with E-state index in [9.17, 15) is 0 Å². The zero-order valence-corrected chi connectivity index (χ0v) is 13.0. The molecule has 0 aliphatic rings. The van der Waals surface area contributed by atoms with E-state index in [1.165, 1.54) is 12.8 Å². The fourth-order valence-electron chi connectivity index (χ4n) is 1.94. The van der Waals surface area contributed by atoms with Gasteiger partial charge in [-0.05, 0) is 24.3 Å². The molecule has 110 valence electrons. The lowest BCUT2D eigenvalue weighted by molar-refractivity contribution is -0.697. The highest BCUT2D eigenvalue weighted by Crippen LogP contribution is 2.20. The quantitative estimate of drug-likeness (QED) is 0.576. The number of aryl methyl sites for hydroxylation is 1. The van der Waals surface area contributed by atoms with Crippen molar-refractivity contribution in [3.8, 4) is 0 Å². The summed E-state index contributed by atoms with van der Waals surface area (Å²) in [7, 11) is 4.04. The average Bonchev–Trinajstić information content (AvgIpc) is 2.52. The van der Waals surface area contributed by atoms with Gasteiger partial charge >= 0.3 is 0 Å². The molecule has 0 N–H and O–H groups in total. The lowest BCUT2D eigenvalue weighted by Crippen LogP contribution is -2.31. The fourth-order valence-corrected chi connectivity index (χ4v) is 1.94. The van der Waals surface area contributed by atoms with Crippen molar-refractivity contribution >= 4 is 17.1 Å². The molecule has 0 atom stereocenters. The Morgan fingerprint density at radius 3 is 2.00 bits per heavy atom. The summed E-state index contributed by atoms with van der Waals surface area (Å²) in [6.07, 6.45) is 6.51. The monoisotopic (exact) mass is 283 g/mol. The Hall–Kier alpha value is -2.23. The lowest BCUT2D eigenvalue weighted by atomic mass is 10.3. The molecule has 4 heteroatoms. The summed E-state index contributed by atoms with van der Waals surface area (Å²) < 4.78 is 2.17. The minimum absolute atomic E-state index is 0.864. The molecule has 0 unspecified atom stereocenters. The molecule has 0 aliphatic heterocycles. The molecule has 0 amide bonds. The van der Waals surface area contributed by atoms with E-state index in [0.29, 0.717) is 0 Å². The Kier molecular flexibility index (Phi) is 5.43. The second-order valence-corrected chi connectivity index (χ2v) is 5.26. The highest BCUT2D eigenvalue weighted by molar-refractivity contribution is 5.51. The van der Waals surface area contributed by atoms with Crippen molar-refractivity contribution in [2.24, 2.45) is 10.2 Å². The molecule has 1 heterocycles. The van der Waals surface area contributed by atoms with Gasteiger partial charge in [0.1, 0.15) is 6.54 Å². The third-order valence-electron chi connectivity index (χ3n) is 3.29. The van der Waals surface area contributed by atoms with Crippen LogP contribution in [0.1, 0.15) is 19.8 Å². The SMILES string of the molecule is CCCC[n+]1ccc(N=Nc2ccc(N(C)C)cc2)cc1. The standard InChI is InChI=1S/C17H23N4/c1-4-5-12-21-13-10-16(11-14-21)19-18-15-6-8-17(9-7-15)20(2)3/h6-11,13-14H,4-5,12H2,1-3H3/q+1. The summed E-state index contributed by atoms with van der Waals surface area (Å²) in [5.74, 6) is 0. The van der Waals surface area contributed by atoms with Crippen molar-refractivity contribution in [1.82, 2.24) is 0 Å². The molecule has 0 bridgehead atoms. The molecule has 4 nitrogen and oxygen atoms in total. The predicted octanol–water partition coefficient (Wildman–Crippen LogP) is 4.26. The summed E-state index contributed by atoms with van der Waals surface area (Å²) in [6.45, 7) is 3.25. The number of hydrogen-bond acceptors (Lipinski definition) is 3. The van der Waals surface area contributed by atoms with Crippen LogP contribution in [0, 0.1) is 0 Å². The number of anilines is 1. The first-order valence-electron chi connectivity index (χ1n) is 7.37. The third kappa shape index (κ3) is 4.67. The van der Waals surface area contributed by atoms with E-state index >= 15 is 0 Å². The maximum Gasteiger partial charge on any atom is 0.171 e. The van der Waals surface area contributed by atoms with Crippen molar-refractivity contribution in [2.75, 3.05) is 19.0 Å². The van der Waals surface area contributed by atoms with Crippen LogP contribution in [-0.2, 0) is 6.54 Å². The van der Waals surface area contributed by atoms with Crippen LogP contribution >= 0.6 is 0 Å². The number of hydrogen-bond donors (Lipinski definition) is 0. The zero-order valence-electron chi connectivity index (χ0n) is 13.0. The molecule has 0 saturated heterocycles. The van der Waals surface area contributed by atoms with Gasteiger partial charge in [0.2, 0.25) is 0 Å². The summed E-state index contributed by atoms with van der Waals surface area (Å²) in [6, 6.07) is 12.0. The van der Waals surface area contributed by atoms with Gasteiger partial charge in [0, 0.05) is 38.3 Å². The second-order valence-electron chi connectivity index (χ2n) is 5.26. The number of pyridine rings is 1. The van der Waals surface area contributed by atoms with E-state index in [1.54, 1.807) is 0 Å². The van der Waals surface area contributed by atoms with Crippen molar-refractivity contribution in [3.63, 3.8) is 0 Å². The largest absolute Gasteiger partial charge is 0.378 e. The Labute approximate surface area is 126 Å². The first-order chi connectivity index (χ1) is 10.2. The van der Waals surface area contributed by atoms with Crippen LogP contribution in [0.3, 0.4) is 0 Å². The van der Waals surface area contributed by atoms with Gasteiger partial charge < -0.3 is 4.90 Å². The minimum atomic E-state index is 0.864. The van der Waals surface area contributed by atoms with Crippen LogP contribution in [0.5, 0.6) is 0 Å². The number of nitrogens with zero attached hydrogens (tertiary/aromatic N) is 4. The highest BCUT2D eigenvalue weighted by Gasteiger charge is 1.99. The van der Waals surface area contributed by atoms with Crippen LogP contribution in [0.25, 0.3) is 0 Å². The van der Waals surface area contributed by atoms with Gasteiger partial charge in [-0.25, -0.2) is 4.57 Å². The van der Waals surface area contributed by atoms with E-state index in [0.717, 1.165) is 23.6 Å². The average molecular weight is 283 g/mol. The Bertz CT molecular complexity index is 571. The summed E-state index contributed by atoms with van der Waals surface area (Å²) >= 11 is 0. The first-order valence-corrected chi connectivity index (χ1v) is 7.37. The Morgan fingerprint density at radius 1 is 0.905 bits per heavy atom. The fraction of sp³-hybridized carbons (Fsp3) is 0.353. The van der Waals surface area contributed by atoms with Gasteiger partial charge in [-0.15, -0.1) is 0 Å². The zero-order chi connectivity index (χ0) is 15.1. The number of azo groups is 1. The second kappa shape index (κ2) is 7.53. The van der Waals surface area contributed by atoms with Crippen molar-refractivity contribution in [3.05, 3.63) is 48.8 Å². The Morgan fingerprint density at radius 2 is 1.48 bits per heavy atom. The van der Waals surface area contributed by atoms with E-state index in [4.69, 9.17) is 0 Å². The first kappa shape index (κ1) is 15.2. The molecule has 0 spiro atoms. The van der Waals surface area contributed by atoms with E-state index in [1.807, 2.05) is 50.5 Å². The molecule has 2 aromatic rings. The van der Waals surface area contributed by atoms with E-state index in [-0.39, 0.29) is 0 Å². The number of rotatable bonds is 6. The van der Waals surface area contributed by atoms with E-state index < -0.39 is 0 Å². The van der Waals surface area contributed by atoms with Gasteiger partial charge in [-0.2, -0.15) is 10.2 Å². The van der Waals surface area contributed by atoms with Gasteiger partial charge in [0.25, 0.3) is 0 Å².